The van der Waals surface area contributed by atoms with Gasteiger partial charge in [0.05, 0.1) is 4.47 Å². The quantitative estimate of drug-likeness (QED) is 0.542. The van der Waals surface area contributed by atoms with Crippen LogP contribution in [-0.4, -0.2) is 46.5 Å². The number of carbonyl (C=O) groups is 1. The molecule has 118 valence electrons. The highest BCUT2D eigenvalue weighted by Gasteiger charge is 2.22. The van der Waals surface area contributed by atoms with Crippen LogP contribution >= 0.6 is 26.6 Å². The Hall–Kier alpha value is -0.700. The Morgan fingerprint density at radius 2 is 2.10 bits per heavy atom. The topological polar surface area (TPSA) is 63.7 Å². The minimum atomic E-state index is -4.16. The third-order valence-corrected chi connectivity index (χ3v) is 5.11. The van der Waals surface area contributed by atoms with E-state index in [2.05, 4.69) is 15.9 Å². The number of methoxy groups -OCH3 is 1. The van der Waals surface area contributed by atoms with Crippen molar-refractivity contribution in [2.75, 3.05) is 27.3 Å². The maximum atomic E-state index is 13.7. The van der Waals surface area contributed by atoms with Gasteiger partial charge in [0.1, 0.15) is 10.7 Å². The van der Waals surface area contributed by atoms with E-state index in [9.17, 15) is 17.6 Å². The fourth-order valence-corrected chi connectivity index (χ4v) is 3.72. The predicted octanol–water partition coefficient (Wildman–Crippen LogP) is 2.62. The van der Waals surface area contributed by atoms with E-state index in [4.69, 9.17) is 15.4 Å². The van der Waals surface area contributed by atoms with E-state index in [-0.39, 0.29) is 10.0 Å². The standard InChI is InChI=1S/C12H14BrClFNO4S/c1-16(4-3-5-20-2)12(17)8-6-9(15)11(13)10(7-8)21(14,18)19/h6-7H,3-5H2,1-2H3. The van der Waals surface area contributed by atoms with Gasteiger partial charge in [-0.05, 0) is 34.5 Å². The Balaban J connectivity index is 3.09. The lowest BCUT2D eigenvalue weighted by molar-refractivity contribution is 0.0778. The van der Waals surface area contributed by atoms with Gasteiger partial charge in [-0.15, -0.1) is 0 Å². The molecule has 0 atom stereocenters. The molecule has 0 spiro atoms. The summed E-state index contributed by atoms with van der Waals surface area (Å²) in [5, 5.41) is 0. The molecule has 0 aliphatic carbocycles. The molecule has 0 fully saturated rings. The Labute approximate surface area is 135 Å². The summed E-state index contributed by atoms with van der Waals surface area (Å²) in [7, 11) is 4.14. The van der Waals surface area contributed by atoms with Crippen molar-refractivity contribution in [1.82, 2.24) is 4.90 Å². The van der Waals surface area contributed by atoms with Crippen LogP contribution in [0.2, 0.25) is 0 Å². The number of nitrogens with zero attached hydrogens (tertiary/aromatic N) is 1. The van der Waals surface area contributed by atoms with E-state index < -0.39 is 25.7 Å². The zero-order chi connectivity index (χ0) is 16.2. The highest BCUT2D eigenvalue weighted by molar-refractivity contribution is 9.10. The molecular weight excluding hydrogens is 389 g/mol. The summed E-state index contributed by atoms with van der Waals surface area (Å²) in [5.41, 5.74) is -0.0881. The Morgan fingerprint density at radius 1 is 1.48 bits per heavy atom. The SMILES string of the molecule is COCCCN(C)C(=O)c1cc(F)c(Br)c(S(=O)(=O)Cl)c1. The summed E-state index contributed by atoms with van der Waals surface area (Å²) < 4.78 is 41.1. The van der Waals surface area contributed by atoms with Crippen molar-refractivity contribution in [1.29, 1.82) is 0 Å². The van der Waals surface area contributed by atoms with Gasteiger partial charge in [-0.1, -0.05) is 0 Å². The van der Waals surface area contributed by atoms with Crippen molar-refractivity contribution in [2.45, 2.75) is 11.3 Å². The van der Waals surface area contributed by atoms with Gasteiger partial charge in [0.25, 0.3) is 15.0 Å². The van der Waals surface area contributed by atoms with Gasteiger partial charge in [0, 0.05) is 43.6 Å². The van der Waals surface area contributed by atoms with Gasteiger partial charge >= 0.3 is 0 Å². The minimum absolute atomic E-state index is 0.0881. The molecule has 1 amide bonds. The zero-order valence-corrected chi connectivity index (χ0v) is 14.6. The van der Waals surface area contributed by atoms with E-state index in [0.29, 0.717) is 19.6 Å². The number of rotatable bonds is 6. The summed E-state index contributed by atoms with van der Waals surface area (Å²) in [4.78, 5) is 13.0. The van der Waals surface area contributed by atoms with Gasteiger partial charge in [-0.25, -0.2) is 12.8 Å². The second-order valence-corrected chi connectivity index (χ2v) is 7.61. The largest absolute Gasteiger partial charge is 0.385 e. The monoisotopic (exact) mass is 401 g/mol. The summed E-state index contributed by atoms with van der Waals surface area (Å²) in [6, 6.07) is 2.01. The van der Waals surface area contributed by atoms with Crippen molar-refractivity contribution in [3.8, 4) is 0 Å². The molecule has 0 aliphatic heterocycles. The van der Waals surface area contributed by atoms with Gasteiger partial charge < -0.3 is 9.64 Å². The van der Waals surface area contributed by atoms with Crippen LogP contribution in [0.3, 0.4) is 0 Å². The van der Waals surface area contributed by atoms with Gasteiger partial charge in [-0.3, -0.25) is 4.79 Å². The zero-order valence-electron chi connectivity index (χ0n) is 11.4. The number of hydrogen-bond acceptors (Lipinski definition) is 4. The number of halogens is 3. The molecule has 0 saturated carbocycles. The summed E-state index contributed by atoms with van der Waals surface area (Å²) >= 11 is 2.81. The molecule has 0 N–H and O–H groups in total. The molecule has 9 heteroatoms. The maximum Gasteiger partial charge on any atom is 0.262 e. The second-order valence-electron chi connectivity index (χ2n) is 4.28. The molecule has 21 heavy (non-hydrogen) atoms. The molecule has 1 rings (SSSR count). The number of hydrogen-bond donors (Lipinski definition) is 0. The van der Waals surface area contributed by atoms with Crippen LogP contribution in [0.25, 0.3) is 0 Å². The van der Waals surface area contributed by atoms with Crippen molar-refractivity contribution in [2.24, 2.45) is 0 Å². The number of ether oxygens (including phenoxy) is 1. The van der Waals surface area contributed by atoms with Crippen LogP contribution in [0.1, 0.15) is 16.8 Å². The maximum absolute atomic E-state index is 13.7. The van der Waals surface area contributed by atoms with E-state index in [0.717, 1.165) is 12.1 Å². The van der Waals surface area contributed by atoms with E-state index in [1.807, 2.05) is 0 Å². The number of amides is 1. The minimum Gasteiger partial charge on any atom is -0.385 e. The van der Waals surface area contributed by atoms with Crippen LogP contribution < -0.4 is 0 Å². The molecule has 0 radical (unpaired) electrons. The summed E-state index contributed by atoms with van der Waals surface area (Å²) in [6.45, 7) is 0.876. The van der Waals surface area contributed by atoms with Crippen LogP contribution in [0.15, 0.2) is 21.5 Å². The average molecular weight is 403 g/mol. The molecular formula is C12H14BrClFNO4S. The normalized spacial score (nSPS) is 11.5. The lowest BCUT2D eigenvalue weighted by Crippen LogP contribution is -2.28. The molecule has 0 aromatic heterocycles. The van der Waals surface area contributed by atoms with Crippen LogP contribution in [0.4, 0.5) is 4.39 Å². The second kappa shape index (κ2) is 7.53. The molecule has 0 saturated heterocycles. The van der Waals surface area contributed by atoms with Gasteiger partial charge in [0.2, 0.25) is 0 Å². The highest BCUT2D eigenvalue weighted by Crippen LogP contribution is 2.29. The molecule has 0 unspecified atom stereocenters. The first kappa shape index (κ1) is 18.3. The van der Waals surface area contributed by atoms with Crippen molar-refractivity contribution in [3.05, 3.63) is 28.0 Å². The fourth-order valence-electron chi connectivity index (χ4n) is 1.63. The summed E-state index contributed by atoms with van der Waals surface area (Å²) in [6.07, 6.45) is 0.610. The fraction of sp³-hybridized carbons (Fsp3) is 0.417. The van der Waals surface area contributed by atoms with Crippen LogP contribution in [0.5, 0.6) is 0 Å². The van der Waals surface area contributed by atoms with Crippen molar-refractivity contribution in [3.63, 3.8) is 0 Å². The molecule has 0 heterocycles. The van der Waals surface area contributed by atoms with Gasteiger partial charge in [0.15, 0.2) is 0 Å². The Bertz CT molecular complexity index is 638. The number of carbonyl (C=O) groups excluding carboxylic acids is 1. The molecule has 0 aliphatic rings. The molecule has 5 nitrogen and oxygen atoms in total. The molecule has 1 aromatic rings. The lowest BCUT2D eigenvalue weighted by Gasteiger charge is -2.17. The average Bonchev–Trinajstić information content (AvgIpc) is 2.39. The smallest absolute Gasteiger partial charge is 0.262 e. The van der Waals surface area contributed by atoms with E-state index in [1.54, 1.807) is 7.11 Å². The van der Waals surface area contributed by atoms with E-state index >= 15 is 0 Å². The van der Waals surface area contributed by atoms with Crippen LogP contribution in [-0.2, 0) is 13.8 Å². The van der Waals surface area contributed by atoms with Crippen molar-refractivity contribution < 1.29 is 22.3 Å². The Morgan fingerprint density at radius 3 is 2.62 bits per heavy atom. The third-order valence-electron chi connectivity index (χ3n) is 2.69. The molecule has 1 aromatic carbocycles. The van der Waals surface area contributed by atoms with Crippen LogP contribution in [0, 0.1) is 5.82 Å². The van der Waals surface area contributed by atoms with E-state index in [1.165, 1.54) is 11.9 Å². The summed E-state index contributed by atoms with van der Waals surface area (Å²) in [5.74, 6) is -1.37. The lowest BCUT2D eigenvalue weighted by atomic mass is 10.2. The predicted molar refractivity (Wildman–Crippen MR) is 80.6 cm³/mol. The first-order valence-corrected chi connectivity index (χ1v) is 8.96. The van der Waals surface area contributed by atoms with Crippen molar-refractivity contribution >= 4 is 41.6 Å². The highest BCUT2D eigenvalue weighted by atomic mass is 79.9. The first-order valence-electron chi connectivity index (χ1n) is 5.86. The Kier molecular flexibility index (Phi) is 6.58. The third kappa shape index (κ3) is 4.91. The molecule has 0 bridgehead atoms. The number of benzene rings is 1. The van der Waals surface area contributed by atoms with Gasteiger partial charge in [-0.2, -0.15) is 0 Å². The first-order chi connectivity index (χ1) is 9.68.